The number of nitrogens with one attached hydrogen (secondary N) is 1. The molecule has 0 bridgehead atoms. The van der Waals surface area contributed by atoms with Crippen molar-refractivity contribution >= 4 is 5.96 Å². The third kappa shape index (κ3) is 5.48. The summed E-state index contributed by atoms with van der Waals surface area (Å²) in [5, 5.41) is 12.1. The monoisotopic (exact) mass is 420 g/mol. The lowest BCUT2D eigenvalue weighted by Crippen LogP contribution is -2.48. The molecule has 3 fully saturated rings. The summed E-state index contributed by atoms with van der Waals surface area (Å²) in [6.07, 6.45) is 1.17. The fourth-order valence-corrected chi connectivity index (χ4v) is 4.33. The highest BCUT2D eigenvalue weighted by atomic mass is 16.5. The van der Waals surface area contributed by atoms with Crippen molar-refractivity contribution in [2.24, 2.45) is 12.0 Å². The number of hydrogen-bond donors (Lipinski definition) is 1. The van der Waals surface area contributed by atoms with E-state index < -0.39 is 0 Å². The molecule has 168 valence electrons. The first-order valence-corrected chi connectivity index (χ1v) is 11.2. The maximum absolute atomic E-state index is 5.52. The van der Waals surface area contributed by atoms with Crippen LogP contribution in [0.1, 0.15) is 18.1 Å². The Labute approximate surface area is 179 Å². The summed E-state index contributed by atoms with van der Waals surface area (Å²) in [5.41, 5.74) is 0. The largest absolute Gasteiger partial charge is 0.379 e. The molecule has 10 nitrogen and oxygen atoms in total. The Morgan fingerprint density at radius 3 is 2.50 bits per heavy atom. The summed E-state index contributed by atoms with van der Waals surface area (Å²) in [6.45, 7) is 13.9. The van der Waals surface area contributed by atoms with Crippen molar-refractivity contribution in [1.82, 2.24) is 34.8 Å². The topological polar surface area (TPSA) is 83.3 Å². The Balaban J connectivity index is 1.37. The smallest absolute Gasteiger partial charge is 0.194 e. The van der Waals surface area contributed by atoms with Crippen LogP contribution in [-0.2, 0) is 23.1 Å². The molecule has 4 heterocycles. The average molecular weight is 421 g/mol. The van der Waals surface area contributed by atoms with Gasteiger partial charge in [-0.15, -0.1) is 10.2 Å². The Morgan fingerprint density at radius 2 is 1.80 bits per heavy atom. The molecule has 0 aliphatic carbocycles. The van der Waals surface area contributed by atoms with Crippen LogP contribution in [0.5, 0.6) is 0 Å². The Kier molecular flexibility index (Phi) is 7.53. The number of rotatable bonds is 6. The van der Waals surface area contributed by atoms with Gasteiger partial charge in [0.05, 0.1) is 26.4 Å². The van der Waals surface area contributed by atoms with E-state index in [0.717, 1.165) is 96.4 Å². The van der Waals surface area contributed by atoms with E-state index in [2.05, 4.69) is 30.2 Å². The number of guanidine groups is 1. The first-order chi connectivity index (χ1) is 14.7. The SMILES string of the molecule is Cc1nnc(CN=C(NCCN2CCOCC2)N2CCC(N3CCOCC3)C2)n1C. The maximum atomic E-state index is 5.52. The fourth-order valence-electron chi connectivity index (χ4n) is 4.33. The molecule has 10 heteroatoms. The number of ether oxygens (including phenoxy) is 2. The van der Waals surface area contributed by atoms with E-state index in [-0.39, 0.29) is 0 Å². The predicted molar refractivity (Wildman–Crippen MR) is 115 cm³/mol. The number of aromatic nitrogens is 3. The van der Waals surface area contributed by atoms with Gasteiger partial charge in [0.1, 0.15) is 12.4 Å². The molecule has 1 N–H and O–H groups in total. The lowest BCUT2D eigenvalue weighted by molar-refractivity contribution is 0.0194. The van der Waals surface area contributed by atoms with Crippen LogP contribution in [0.4, 0.5) is 0 Å². The molecule has 0 aromatic carbocycles. The van der Waals surface area contributed by atoms with Crippen LogP contribution in [-0.4, -0.2) is 120 Å². The molecular formula is C20H36N8O2. The van der Waals surface area contributed by atoms with E-state index in [4.69, 9.17) is 14.5 Å². The first-order valence-electron chi connectivity index (χ1n) is 11.2. The second kappa shape index (κ2) is 10.5. The van der Waals surface area contributed by atoms with Gasteiger partial charge in [0.2, 0.25) is 0 Å². The Hall–Kier alpha value is -1.75. The minimum absolute atomic E-state index is 0.538. The van der Waals surface area contributed by atoms with Crippen molar-refractivity contribution in [3.05, 3.63) is 11.6 Å². The molecule has 3 aliphatic rings. The van der Waals surface area contributed by atoms with Crippen LogP contribution in [0.15, 0.2) is 4.99 Å². The van der Waals surface area contributed by atoms with Gasteiger partial charge in [-0.1, -0.05) is 0 Å². The zero-order chi connectivity index (χ0) is 20.8. The van der Waals surface area contributed by atoms with E-state index in [1.54, 1.807) is 0 Å². The lowest BCUT2D eigenvalue weighted by Gasteiger charge is -2.32. The second-order valence-corrected chi connectivity index (χ2v) is 8.28. The van der Waals surface area contributed by atoms with Gasteiger partial charge in [0.25, 0.3) is 0 Å². The molecular weight excluding hydrogens is 384 g/mol. The van der Waals surface area contributed by atoms with Gasteiger partial charge in [-0.3, -0.25) is 9.80 Å². The Bertz CT molecular complexity index is 697. The molecule has 3 saturated heterocycles. The third-order valence-electron chi connectivity index (χ3n) is 6.39. The van der Waals surface area contributed by atoms with E-state index in [9.17, 15) is 0 Å². The molecule has 0 radical (unpaired) electrons. The van der Waals surface area contributed by atoms with Crippen LogP contribution in [0.25, 0.3) is 0 Å². The first kappa shape index (κ1) is 21.5. The van der Waals surface area contributed by atoms with Crippen molar-refractivity contribution in [3.8, 4) is 0 Å². The van der Waals surface area contributed by atoms with Gasteiger partial charge >= 0.3 is 0 Å². The summed E-state index contributed by atoms with van der Waals surface area (Å²) in [7, 11) is 2.00. The number of likely N-dealkylation sites (tertiary alicyclic amines) is 1. The van der Waals surface area contributed by atoms with E-state index in [1.807, 2.05) is 18.5 Å². The zero-order valence-corrected chi connectivity index (χ0v) is 18.4. The van der Waals surface area contributed by atoms with Crippen molar-refractivity contribution in [1.29, 1.82) is 0 Å². The van der Waals surface area contributed by atoms with E-state index >= 15 is 0 Å². The molecule has 1 unspecified atom stereocenters. The number of hydrogen-bond acceptors (Lipinski definition) is 7. The maximum Gasteiger partial charge on any atom is 0.194 e. The molecule has 1 aromatic rings. The molecule has 1 aromatic heterocycles. The van der Waals surface area contributed by atoms with Gasteiger partial charge in [-0.05, 0) is 13.3 Å². The molecule has 0 saturated carbocycles. The van der Waals surface area contributed by atoms with Gasteiger partial charge in [0.15, 0.2) is 11.8 Å². The summed E-state index contributed by atoms with van der Waals surface area (Å²) < 4.78 is 13.0. The second-order valence-electron chi connectivity index (χ2n) is 8.28. The zero-order valence-electron chi connectivity index (χ0n) is 18.4. The van der Waals surface area contributed by atoms with Gasteiger partial charge in [-0.25, -0.2) is 4.99 Å². The van der Waals surface area contributed by atoms with Gasteiger partial charge < -0.3 is 24.3 Å². The number of nitrogens with zero attached hydrogens (tertiary/aromatic N) is 7. The third-order valence-corrected chi connectivity index (χ3v) is 6.39. The summed E-state index contributed by atoms with van der Waals surface area (Å²) in [5.74, 6) is 2.79. The van der Waals surface area contributed by atoms with Gasteiger partial charge in [0, 0.05) is 65.4 Å². The minimum Gasteiger partial charge on any atom is -0.379 e. The summed E-state index contributed by atoms with van der Waals surface area (Å²) in [4.78, 5) is 12.4. The molecule has 3 aliphatic heterocycles. The van der Waals surface area contributed by atoms with Crippen LogP contribution < -0.4 is 5.32 Å². The highest BCUT2D eigenvalue weighted by molar-refractivity contribution is 5.80. The van der Waals surface area contributed by atoms with Crippen molar-refractivity contribution < 1.29 is 9.47 Å². The molecule has 1 atom stereocenters. The van der Waals surface area contributed by atoms with Crippen molar-refractivity contribution in [2.75, 3.05) is 78.8 Å². The number of aliphatic imine (C=N–C) groups is 1. The number of morpholine rings is 2. The van der Waals surface area contributed by atoms with Crippen LogP contribution in [0, 0.1) is 6.92 Å². The predicted octanol–water partition coefficient (Wildman–Crippen LogP) is -0.692. The van der Waals surface area contributed by atoms with Crippen molar-refractivity contribution in [3.63, 3.8) is 0 Å². The normalized spacial score (nSPS) is 24.5. The highest BCUT2D eigenvalue weighted by Gasteiger charge is 2.30. The fraction of sp³-hybridized carbons (Fsp3) is 0.850. The van der Waals surface area contributed by atoms with Crippen LogP contribution in [0.2, 0.25) is 0 Å². The lowest BCUT2D eigenvalue weighted by atomic mass is 10.2. The molecule has 30 heavy (non-hydrogen) atoms. The minimum atomic E-state index is 0.538. The standard InChI is InChI=1S/C20H36N8O2/c1-17-23-24-19(25(17)2)15-22-20(21-4-6-26-7-11-29-12-8-26)28-5-3-18(16-28)27-9-13-30-14-10-27/h18H,3-16H2,1-2H3,(H,21,22). The molecule has 4 rings (SSSR count). The quantitative estimate of drug-likeness (QED) is 0.478. The van der Waals surface area contributed by atoms with E-state index in [0.29, 0.717) is 12.6 Å². The molecule has 0 spiro atoms. The van der Waals surface area contributed by atoms with Crippen LogP contribution in [0.3, 0.4) is 0 Å². The van der Waals surface area contributed by atoms with E-state index in [1.165, 1.54) is 6.42 Å². The Morgan fingerprint density at radius 1 is 1.07 bits per heavy atom. The van der Waals surface area contributed by atoms with Gasteiger partial charge in [-0.2, -0.15) is 0 Å². The summed E-state index contributed by atoms with van der Waals surface area (Å²) >= 11 is 0. The average Bonchev–Trinajstić information content (AvgIpc) is 3.40. The number of aryl methyl sites for hydroxylation is 1. The highest BCUT2D eigenvalue weighted by Crippen LogP contribution is 2.17. The summed E-state index contributed by atoms with van der Waals surface area (Å²) in [6, 6.07) is 0.581. The molecule has 0 amide bonds. The van der Waals surface area contributed by atoms with Crippen molar-refractivity contribution in [2.45, 2.75) is 25.9 Å². The van der Waals surface area contributed by atoms with Crippen LogP contribution >= 0.6 is 0 Å².